The van der Waals surface area contributed by atoms with Crippen LogP contribution in [-0.4, -0.2) is 71.1 Å². The lowest BCUT2D eigenvalue weighted by Crippen LogP contribution is -2.52. The van der Waals surface area contributed by atoms with Crippen LogP contribution in [-0.2, 0) is 11.2 Å². The number of likely N-dealkylation sites (N-methyl/N-ethyl adjacent to an activating group) is 2. The van der Waals surface area contributed by atoms with Gasteiger partial charge in [0.15, 0.2) is 5.65 Å². The van der Waals surface area contributed by atoms with Gasteiger partial charge in [-0.15, -0.1) is 12.4 Å². The predicted octanol–water partition coefficient (Wildman–Crippen LogP) is 3.28. The molecule has 3 aromatic rings. The lowest BCUT2D eigenvalue weighted by Gasteiger charge is -2.42. The molecule has 1 aromatic carbocycles. The van der Waals surface area contributed by atoms with Gasteiger partial charge in [0.25, 0.3) is 0 Å². The van der Waals surface area contributed by atoms with Crippen LogP contribution in [0.4, 0.5) is 16.3 Å². The summed E-state index contributed by atoms with van der Waals surface area (Å²) >= 11 is 0. The number of hydrogen-bond acceptors (Lipinski definition) is 7. The molecule has 3 heterocycles. The average Bonchev–Trinajstić information content (AvgIpc) is 3.33. The fraction of sp³-hybridized carbons (Fsp3) is 0.423. The Kier molecular flexibility index (Phi) is 9.44. The van der Waals surface area contributed by atoms with E-state index in [9.17, 15) is 9.59 Å². The van der Waals surface area contributed by atoms with Gasteiger partial charge in [-0.25, -0.2) is 14.8 Å². The molecule has 0 unspecified atom stereocenters. The van der Waals surface area contributed by atoms with Gasteiger partial charge in [0.1, 0.15) is 18.6 Å². The highest BCUT2D eigenvalue weighted by Crippen LogP contribution is 2.29. The van der Waals surface area contributed by atoms with Crippen molar-refractivity contribution in [2.45, 2.75) is 32.2 Å². The molecule has 2 N–H and O–H groups in total. The van der Waals surface area contributed by atoms with Crippen LogP contribution in [0.15, 0.2) is 42.9 Å². The number of carbonyl (C=O) groups is 2. The fourth-order valence-electron chi connectivity index (χ4n) is 4.71. The predicted molar refractivity (Wildman–Crippen MR) is 146 cm³/mol. The summed E-state index contributed by atoms with van der Waals surface area (Å²) in [6.07, 6.45) is 4.81. The molecule has 10 nitrogen and oxygen atoms in total. The lowest BCUT2D eigenvalue weighted by atomic mass is 9.92. The number of rotatable bonds is 7. The van der Waals surface area contributed by atoms with Crippen molar-refractivity contribution < 1.29 is 9.59 Å². The first-order valence-corrected chi connectivity index (χ1v) is 12.2. The number of benzene rings is 1. The van der Waals surface area contributed by atoms with E-state index in [0.29, 0.717) is 36.2 Å². The van der Waals surface area contributed by atoms with Gasteiger partial charge >= 0.3 is 6.03 Å². The third-order valence-corrected chi connectivity index (χ3v) is 6.88. The number of likely N-dealkylation sites (tertiary alicyclic amines) is 1. The molecule has 0 spiro atoms. The zero-order valence-electron chi connectivity index (χ0n) is 21.3. The van der Waals surface area contributed by atoms with E-state index < -0.39 is 0 Å². The van der Waals surface area contributed by atoms with Gasteiger partial charge in [0.05, 0.1) is 17.5 Å². The second-order valence-corrected chi connectivity index (χ2v) is 9.22. The van der Waals surface area contributed by atoms with Crippen molar-refractivity contribution in [1.29, 1.82) is 5.26 Å². The zero-order chi connectivity index (χ0) is 25.7. The monoisotopic (exact) mass is 524 g/mol. The van der Waals surface area contributed by atoms with Gasteiger partial charge in [-0.05, 0) is 56.1 Å². The fourth-order valence-corrected chi connectivity index (χ4v) is 4.71. The van der Waals surface area contributed by atoms with Gasteiger partial charge in [-0.3, -0.25) is 9.36 Å². The normalized spacial score (nSPS) is 17.1. The molecule has 2 atom stereocenters. The Morgan fingerprint density at radius 3 is 2.68 bits per heavy atom. The molecule has 2 amide bonds. The van der Waals surface area contributed by atoms with E-state index in [1.165, 1.54) is 16.5 Å². The molecule has 2 aromatic heterocycles. The number of aromatic nitrogens is 3. The smallest absolute Gasteiger partial charge is 0.331 e. The summed E-state index contributed by atoms with van der Waals surface area (Å²) in [4.78, 5) is 38.1. The summed E-state index contributed by atoms with van der Waals surface area (Å²) in [6.45, 7) is 4.23. The van der Waals surface area contributed by atoms with Gasteiger partial charge in [0, 0.05) is 32.0 Å². The molecule has 37 heavy (non-hydrogen) atoms. The number of amides is 2. The molecular formula is C26H33ClN8O2. The number of halogens is 1. The maximum Gasteiger partial charge on any atom is 0.331 e. The van der Waals surface area contributed by atoms with Crippen molar-refractivity contribution in [2.24, 2.45) is 5.92 Å². The third-order valence-electron chi connectivity index (χ3n) is 6.88. The minimum absolute atomic E-state index is 0. The maximum atomic E-state index is 13.1. The van der Waals surface area contributed by atoms with Crippen LogP contribution in [0.2, 0.25) is 0 Å². The first kappa shape index (κ1) is 27.9. The van der Waals surface area contributed by atoms with Gasteiger partial charge in [-0.2, -0.15) is 5.26 Å². The largest absolute Gasteiger partial charge is 0.354 e. The van der Waals surface area contributed by atoms with E-state index >= 15 is 0 Å². The van der Waals surface area contributed by atoms with Crippen molar-refractivity contribution in [1.82, 2.24) is 24.8 Å². The van der Waals surface area contributed by atoms with E-state index in [1.54, 1.807) is 11.1 Å². The summed E-state index contributed by atoms with van der Waals surface area (Å²) in [7, 11) is 3.87. The summed E-state index contributed by atoms with van der Waals surface area (Å²) < 4.78 is 1.48. The summed E-state index contributed by atoms with van der Waals surface area (Å²) in [6, 6.07) is 11.3. The van der Waals surface area contributed by atoms with E-state index in [1.807, 2.05) is 50.5 Å². The molecule has 196 valence electrons. The average molecular weight is 525 g/mol. The number of anilines is 2. The quantitative estimate of drug-likeness (QED) is 0.486. The summed E-state index contributed by atoms with van der Waals surface area (Å²) in [5, 5.41) is 15.7. The minimum atomic E-state index is -0.306. The van der Waals surface area contributed by atoms with Crippen LogP contribution >= 0.6 is 12.4 Å². The van der Waals surface area contributed by atoms with Crippen molar-refractivity contribution >= 4 is 46.9 Å². The van der Waals surface area contributed by atoms with Crippen molar-refractivity contribution in [2.75, 3.05) is 43.9 Å². The van der Waals surface area contributed by atoms with Crippen LogP contribution < -0.4 is 15.5 Å². The Labute approximate surface area is 223 Å². The second-order valence-electron chi connectivity index (χ2n) is 9.22. The molecule has 4 rings (SSSR count). The first-order valence-electron chi connectivity index (χ1n) is 12.2. The van der Waals surface area contributed by atoms with E-state index in [0.717, 1.165) is 24.8 Å². The molecule has 1 fully saturated rings. The number of carbonyl (C=O) groups excluding carboxylic acids is 2. The highest BCUT2D eigenvalue weighted by Gasteiger charge is 2.32. The molecule has 1 saturated heterocycles. The van der Waals surface area contributed by atoms with Crippen LogP contribution in [0, 0.1) is 17.2 Å². The number of nitriles is 1. The number of piperidine rings is 1. The number of hydrogen-bond donors (Lipinski definition) is 2. The Bertz CT molecular complexity index is 1270. The van der Waals surface area contributed by atoms with E-state index in [2.05, 4.69) is 32.4 Å². The standard InChI is InChI=1S/C26H32N8O2.ClH/c1-18-10-14-33(23(35)8-12-27)16-22(18)32(3)24-21-11-15-34(25(21)30-17-29-24)26(36)31-20-6-4-19(5-7-20)9-13-28-2;/h4-7,11,15,17-18,22,28H,8-10,13-14,16H2,1-3H3,(H,31,36);1H/t18-,22+;/m1./s1. The second kappa shape index (κ2) is 12.5. The van der Waals surface area contributed by atoms with Crippen LogP contribution in [0.5, 0.6) is 0 Å². The summed E-state index contributed by atoms with van der Waals surface area (Å²) in [5.74, 6) is 0.882. The molecule has 11 heteroatoms. The Hall–Kier alpha value is -3.68. The Balaban J connectivity index is 0.00000380. The molecule has 1 aliphatic rings. The highest BCUT2D eigenvalue weighted by atomic mass is 35.5. The highest BCUT2D eigenvalue weighted by molar-refractivity contribution is 5.99. The lowest BCUT2D eigenvalue weighted by molar-refractivity contribution is -0.131. The van der Waals surface area contributed by atoms with Crippen molar-refractivity contribution in [3.05, 3.63) is 48.4 Å². The zero-order valence-corrected chi connectivity index (χ0v) is 22.2. The van der Waals surface area contributed by atoms with Gasteiger partial charge in [0.2, 0.25) is 5.91 Å². The number of nitrogens with zero attached hydrogens (tertiary/aromatic N) is 6. The Morgan fingerprint density at radius 2 is 1.97 bits per heavy atom. The number of fused-ring (bicyclic) bond motifs is 1. The van der Waals surface area contributed by atoms with Gasteiger partial charge in [-0.1, -0.05) is 19.1 Å². The molecule has 0 aliphatic carbocycles. The molecule has 0 radical (unpaired) electrons. The summed E-state index contributed by atoms with van der Waals surface area (Å²) in [5.41, 5.74) is 2.41. The minimum Gasteiger partial charge on any atom is -0.354 e. The van der Waals surface area contributed by atoms with Crippen LogP contribution in [0.1, 0.15) is 25.3 Å². The van der Waals surface area contributed by atoms with Crippen molar-refractivity contribution in [3.63, 3.8) is 0 Å². The SMILES string of the molecule is CNCCc1ccc(NC(=O)n2ccc3c(N(C)[C@H]4CN(C(=O)CC#N)CC[C@H]4C)ncnc32)cc1.Cl. The maximum absolute atomic E-state index is 13.1. The van der Waals surface area contributed by atoms with Crippen LogP contribution in [0.3, 0.4) is 0 Å². The van der Waals surface area contributed by atoms with Crippen molar-refractivity contribution in [3.8, 4) is 6.07 Å². The van der Waals surface area contributed by atoms with Crippen LogP contribution in [0.25, 0.3) is 11.0 Å². The molecule has 1 aliphatic heterocycles. The van der Waals surface area contributed by atoms with E-state index in [4.69, 9.17) is 5.26 Å². The molecule has 0 bridgehead atoms. The molecular weight excluding hydrogens is 492 g/mol. The third kappa shape index (κ3) is 6.18. The van der Waals surface area contributed by atoms with E-state index in [-0.39, 0.29) is 36.8 Å². The topological polar surface area (TPSA) is 119 Å². The first-order chi connectivity index (χ1) is 17.4. The molecule has 0 saturated carbocycles. The Morgan fingerprint density at radius 1 is 1.22 bits per heavy atom. The van der Waals surface area contributed by atoms with Gasteiger partial charge < -0.3 is 20.4 Å². The number of nitrogens with one attached hydrogen (secondary N) is 2.